The molecular formula is C28H36Cl2N2O4. The second kappa shape index (κ2) is 14.7. The zero-order valence-electron chi connectivity index (χ0n) is 22.0. The normalized spacial score (nSPS) is 11.4. The molecule has 0 radical (unpaired) electrons. The molecule has 0 saturated heterocycles. The number of aryl methyl sites for hydroxylation is 1. The van der Waals surface area contributed by atoms with Gasteiger partial charge in [0.25, 0.3) is 0 Å². The van der Waals surface area contributed by atoms with E-state index in [9.17, 15) is 9.59 Å². The predicted molar refractivity (Wildman–Crippen MR) is 148 cm³/mol. The minimum absolute atomic E-state index is 0.149. The number of carbonyl (C=O) groups excluding carboxylic acids is 3. The Kier molecular flexibility index (Phi) is 12.7. The minimum atomic E-state index is -0.515. The van der Waals surface area contributed by atoms with E-state index in [4.69, 9.17) is 32.7 Å². The van der Waals surface area contributed by atoms with Crippen LogP contribution in [0.5, 0.6) is 0 Å². The fourth-order valence-electron chi connectivity index (χ4n) is 3.33. The number of carbonyl (C=O) groups is 3. The van der Waals surface area contributed by atoms with Crippen molar-refractivity contribution >= 4 is 52.3 Å². The van der Waals surface area contributed by atoms with Crippen molar-refractivity contribution in [1.82, 2.24) is 10.3 Å². The number of halogens is 2. The van der Waals surface area contributed by atoms with Crippen LogP contribution in [0.2, 0.25) is 10.0 Å². The first kappa shape index (κ1) is 31.2. The van der Waals surface area contributed by atoms with Gasteiger partial charge in [-0.2, -0.15) is 0 Å². The van der Waals surface area contributed by atoms with Crippen LogP contribution in [0.25, 0.3) is 10.9 Å². The Labute approximate surface area is 223 Å². The first-order valence-electron chi connectivity index (χ1n) is 11.8. The summed E-state index contributed by atoms with van der Waals surface area (Å²) in [4.78, 5) is 36.8. The molecule has 0 spiro atoms. The second-order valence-corrected chi connectivity index (χ2v) is 9.87. The van der Waals surface area contributed by atoms with E-state index >= 15 is 0 Å². The number of hydrogen-bond donors (Lipinski definition) is 2. The average molecular weight is 536 g/mol. The quantitative estimate of drug-likeness (QED) is 0.269. The van der Waals surface area contributed by atoms with Gasteiger partial charge in [0, 0.05) is 32.1 Å². The first-order chi connectivity index (χ1) is 16.9. The summed E-state index contributed by atoms with van der Waals surface area (Å²) >= 11 is 11.7. The second-order valence-electron chi connectivity index (χ2n) is 9.00. The van der Waals surface area contributed by atoms with Crippen molar-refractivity contribution in [3.8, 4) is 0 Å². The Morgan fingerprint density at radius 1 is 1.06 bits per heavy atom. The van der Waals surface area contributed by atoms with E-state index in [1.165, 1.54) is 12.5 Å². The van der Waals surface area contributed by atoms with Gasteiger partial charge in [0.2, 0.25) is 5.91 Å². The van der Waals surface area contributed by atoms with Gasteiger partial charge >= 0.3 is 5.97 Å². The Bertz CT molecular complexity index is 1150. The molecular weight excluding hydrogens is 499 g/mol. The number of aromatic nitrogens is 1. The van der Waals surface area contributed by atoms with Crippen LogP contribution in [0.3, 0.4) is 0 Å². The number of rotatable bonds is 5. The number of amides is 1. The van der Waals surface area contributed by atoms with Gasteiger partial charge in [-0.25, -0.2) is 4.79 Å². The van der Waals surface area contributed by atoms with Gasteiger partial charge in [-0.15, -0.1) is 0 Å². The summed E-state index contributed by atoms with van der Waals surface area (Å²) in [6.07, 6.45) is 1.83. The molecule has 8 heteroatoms. The van der Waals surface area contributed by atoms with Crippen molar-refractivity contribution in [2.24, 2.45) is 0 Å². The molecule has 3 rings (SSSR count). The van der Waals surface area contributed by atoms with Crippen LogP contribution in [0.1, 0.15) is 76.0 Å². The molecule has 196 valence electrons. The number of ether oxygens (including phenoxy) is 1. The maximum Gasteiger partial charge on any atom is 0.355 e. The van der Waals surface area contributed by atoms with E-state index < -0.39 is 11.9 Å². The molecule has 1 amide bonds. The molecule has 2 aromatic carbocycles. The third-order valence-corrected chi connectivity index (χ3v) is 5.41. The average Bonchev–Trinajstić information content (AvgIpc) is 3.17. The van der Waals surface area contributed by atoms with Crippen LogP contribution in [0.4, 0.5) is 0 Å². The highest BCUT2D eigenvalue weighted by molar-refractivity contribution is 6.31. The van der Waals surface area contributed by atoms with E-state index in [1.54, 1.807) is 26.0 Å². The summed E-state index contributed by atoms with van der Waals surface area (Å²) in [5.74, 6) is -1.14. The standard InChI is InChI=1S/C18H23ClN2O3.C8H9Cl.C2H4O/c1-6-24-17(23)15-14(10(2)16(22)21-18(3,4)5)12-8-7-11(19)9-13(12)20-15;1-2-7-3-5-8(9)6-4-7;1-2-3/h7-10,20H,6H2,1-5H3,(H,21,22);3-6H,2H2,1H3;2H,1H3. The zero-order chi connectivity index (χ0) is 27.5. The summed E-state index contributed by atoms with van der Waals surface area (Å²) < 4.78 is 5.12. The maximum absolute atomic E-state index is 12.6. The maximum atomic E-state index is 12.6. The van der Waals surface area contributed by atoms with Crippen LogP contribution in [0.15, 0.2) is 42.5 Å². The predicted octanol–water partition coefficient (Wildman–Crippen LogP) is 7.12. The molecule has 3 aromatic rings. The lowest BCUT2D eigenvalue weighted by molar-refractivity contribution is -0.123. The van der Waals surface area contributed by atoms with Gasteiger partial charge in [-0.1, -0.05) is 48.3 Å². The SMILES string of the molecule is CC=O.CCOC(=O)c1[nH]c2cc(Cl)ccc2c1C(C)C(=O)NC(C)(C)C.CCc1ccc(Cl)cc1. The Morgan fingerprint density at radius 2 is 1.61 bits per heavy atom. The molecule has 0 saturated carbocycles. The van der Waals surface area contributed by atoms with Crippen LogP contribution in [-0.4, -0.2) is 35.3 Å². The number of esters is 1. The highest BCUT2D eigenvalue weighted by Gasteiger charge is 2.28. The summed E-state index contributed by atoms with van der Waals surface area (Å²) in [6, 6.07) is 13.2. The lowest BCUT2D eigenvalue weighted by Crippen LogP contribution is -2.42. The fourth-order valence-corrected chi connectivity index (χ4v) is 3.63. The van der Waals surface area contributed by atoms with E-state index in [-0.39, 0.29) is 18.1 Å². The van der Waals surface area contributed by atoms with E-state index in [0.717, 1.165) is 23.1 Å². The third-order valence-electron chi connectivity index (χ3n) is 4.93. The summed E-state index contributed by atoms with van der Waals surface area (Å²) in [5.41, 5.74) is 2.60. The molecule has 0 aliphatic carbocycles. The molecule has 36 heavy (non-hydrogen) atoms. The van der Waals surface area contributed by atoms with Gasteiger partial charge in [0.15, 0.2) is 0 Å². The summed E-state index contributed by atoms with van der Waals surface area (Å²) in [6.45, 7) is 13.1. The minimum Gasteiger partial charge on any atom is -0.461 e. The van der Waals surface area contributed by atoms with Crippen molar-refractivity contribution < 1.29 is 19.1 Å². The molecule has 0 aliphatic heterocycles. The molecule has 1 heterocycles. The van der Waals surface area contributed by atoms with Gasteiger partial charge in [-0.05, 0) is 77.8 Å². The molecule has 6 nitrogen and oxygen atoms in total. The topological polar surface area (TPSA) is 88.3 Å². The number of H-pyrrole nitrogens is 1. The van der Waals surface area contributed by atoms with E-state index in [1.807, 2.05) is 51.1 Å². The van der Waals surface area contributed by atoms with Crippen LogP contribution >= 0.6 is 23.2 Å². The monoisotopic (exact) mass is 534 g/mol. The zero-order valence-corrected chi connectivity index (χ0v) is 23.5. The molecule has 0 bridgehead atoms. The summed E-state index contributed by atoms with van der Waals surface area (Å²) in [5, 5.41) is 5.11. The van der Waals surface area contributed by atoms with Gasteiger partial charge in [-0.3, -0.25) is 4.79 Å². The van der Waals surface area contributed by atoms with Crippen molar-refractivity contribution in [2.75, 3.05) is 6.61 Å². The number of nitrogens with one attached hydrogen (secondary N) is 2. The first-order valence-corrected chi connectivity index (χ1v) is 12.6. The highest BCUT2D eigenvalue weighted by Crippen LogP contribution is 2.32. The number of fused-ring (bicyclic) bond motifs is 1. The Morgan fingerprint density at radius 3 is 2.11 bits per heavy atom. The lowest BCUT2D eigenvalue weighted by Gasteiger charge is -2.23. The van der Waals surface area contributed by atoms with Crippen molar-refractivity contribution in [1.29, 1.82) is 0 Å². The van der Waals surface area contributed by atoms with Crippen molar-refractivity contribution in [3.05, 3.63) is 69.3 Å². The number of benzene rings is 2. The van der Waals surface area contributed by atoms with E-state index in [2.05, 4.69) is 17.2 Å². The molecule has 0 aliphatic rings. The van der Waals surface area contributed by atoms with Crippen molar-refractivity contribution in [2.45, 2.75) is 66.3 Å². The van der Waals surface area contributed by atoms with Crippen molar-refractivity contribution in [3.63, 3.8) is 0 Å². The lowest BCUT2D eigenvalue weighted by atomic mass is 9.95. The number of aromatic amines is 1. The largest absolute Gasteiger partial charge is 0.461 e. The molecule has 1 unspecified atom stereocenters. The van der Waals surface area contributed by atoms with Crippen LogP contribution in [0, 0.1) is 0 Å². The fraction of sp³-hybridized carbons (Fsp3) is 0.393. The van der Waals surface area contributed by atoms with Gasteiger partial charge in [0.1, 0.15) is 12.0 Å². The van der Waals surface area contributed by atoms with Gasteiger partial charge < -0.3 is 19.8 Å². The Balaban J connectivity index is 0.000000446. The number of hydrogen-bond acceptors (Lipinski definition) is 4. The molecule has 2 N–H and O–H groups in total. The van der Waals surface area contributed by atoms with E-state index in [0.29, 0.717) is 21.8 Å². The Hall–Kier alpha value is -2.83. The van der Waals surface area contributed by atoms with Gasteiger partial charge in [0.05, 0.1) is 12.5 Å². The van der Waals surface area contributed by atoms with Crippen LogP contribution < -0.4 is 5.32 Å². The summed E-state index contributed by atoms with van der Waals surface area (Å²) in [7, 11) is 0. The molecule has 1 atom stereocenters. The van der Waals surface area contributed by atoms with Crippen LogP contribution in [-0.2, 0) is 20.7 Å². The number of aldehydes is 1. The highest BCUT2D eigenvalue weighted by atomic mass is 35.5. The molecule has 0 fully saturated rings. The molecule has 1 aromatic heterocycles. The smallest absolute Gasteiger partial charge is 0.355 e. The third kappa shape index (κ3) is 9.67.